The number of fused-ring (bicyclic) bond motifs is 1. The molecule has 0 atom stereocenters. The molecule has 1 fully saturated rings. The lowest BCUT2D eigenvalue weighted by Crippen LogP contribution is -2.21. The molecule has 0 spiro atoms. The lowest BCUT2D eigenvalue weighted by molar-refractivity contribution is 0.315. The van der Waals surface area contributed by atoms with Gasteiger partial charge in [-0.05, 0) is 37.6 Å². The van der Waals surface area contributed by atoms with E-state index < -0.39 is 0 Å². The third-order valence-corrected chi connectivity index (χ3v) is 5.36. The summed E-state index contributed by atoms with van der Waals surface area (Å²) in [5.41, 5.74) is 1.86. The van der Waals surface area contributed by atoms with Crippen LogP contribution in [-0.2, 0) is 13.1 Å². The number of rotatable bonds is 5. The van der Waals surface area contributed by atoms with Crippen molar-refractivity contribution < 1.29 is 0 Å². The normalized spacial score (nSPS) is 14.6. The average Bonchev–Trinajstić information content (AvgIpc) is 3.29. The number of hydrogen-bond donors (Lipinski definition) is 0. The molecule has 0 aliphatic heterocycles. The van der Waals surface area contributed by atoms with Crippen LogP contribution in [0.4, 0.5) is 0 Å². The summed E-state index contributed by atoms with van der Waals surface area (Å²) in [6.45, 7) is 1.39. The van der Waals surface area contributed by atoms with E-state index in [-0.39, 0.29) is 5.56 Å². The maximum absolute atomic E-state index is 12.3. The third kappa shape index (κ3) is 3.36. The zero-order chi connectivity index (χ0) is 16.7. The van der Waals surface area contributed by atoms with Crippen LogP contribution < -0.4 is 5.56 Å². The Labute approximate surface area is 148 Å². The second kappa shape index (κ2) is 6.27. The van der Waals surface area contributed by atoms with E-state index in [9.17, 15) is 4.79 Å². The van der Waals surface area contributed by atoms with Gasteiger partial charge in [-0.15, -0.1) is 0 Å². The minimum Gasteiger partial charge on any atom is -0.296 e. The summed E-state index contributed by atoms with van der Waals surface area (Å²) in [5, 5.41) is 6.17. The smallest absolute Gasteiger partial charge is 0.275 e. The van der Waals surface area contributed by atoms with Gasteiger partial charge in [0.25, 0.3) is 5.56 Å². The highest BCUT2D eigenvalue weighted by Gasteiger charge is 2.28. The van der Waals surface area contributed by atoms with Crippen molar-refractivity contribution in [2.45, 2.75) is 31.8 Å². The third-order valence-electron chi connectivity index (χ3n) is 4.04. The first-order valence-electron chi connectivity index (χ1n) is 7.91. The van der Waals surface area contributed by atoms with E-state index in [0.29, 0.717) is 17.4 Å². The SMILES string of the molecule is CN(Cc1ccc(Cl)cc1)Cc1cc(=O)n2nc(C3CC3)sc2n1. The molecule has 1 aromatic carbocycles. The number of hydrogen-bond acceptors (Lipinski definition) is 5. The molecule has 124 valence electrons. The van der Waals surface area contributed by atoms with Gasteiger partial charge < -0.3 is 0 Å². The van der Waals surface area contributed by atoms with Crippen molar-refractivity contribution in [1.82, 2.24) is 19.5 Å². The highest BCUT2D eigenvalue weighted by Crippen LogP contribution is 2.41. The van der Waals surface area contributed by atoms with E-state index in [1.165, 1.54) is 34.3 Å². The Morgan fingerprint density at radius 3 is 2.75 bits per heavy atom. The van der Waals surface area contributed by atoms with Crippen molar-refractivity contribution in [1.29, 1.82) is 0 Å². The molecule has 2 aromatic heterocycles. The number of benzene rings is 1. The Hall–Kier alpha value is -1.76. The highest BCUT2D eigenvalue weighted by molar-refractivity contribution is 7.16. The van der Waals surface area contributed by atoms with Crippen LogP contribution >= 0.6 is 22.9 Å². The van der Waals surface area contributed by atoms with Crippen molar-refractivity contribution in [3.8, 4) is 0 Å². The maximum atomic E-state index is 12.3. The molecule has 4 rings (SSSR count). The Bertz CT molecular complexity index is 930. The monoisotopic (exact) mass is 360 g/mol. The summed E-state index contributed by atoms with van der Waals surface area (Å²) in [6, 6.07) is 9.38. The van der Waals surface area contributed by atoms with Gasteiger partial charge in [0.1, 0.15) is 5.01 Å². The van der Waals surface area contributed by atoms with E-state index in [2.05, 4.69) is 15.0 Å². The van der Waals surface area contributed by atoms with Crippen molar-refractivity contribution >= 4 is 27.9 Å². The standard InChI is InChI=1S/C17H17ClN4OS/c1-21(9-11-2-6-13(18)7-3-11)10-14-8-15(23)22-17(19-14)24-16(20-22)12-4-5-12/h2-3,6-8,12H,4-5,9-10H2,1H3. The average molecular weight is 361 g/mol. The largest absolute Gasteiger partial charge is 0.296 e. The molecule has 0 amide bonds. The lowest BCUT2D eigenvalue weighted by Gasteiger charge is -2.16. The fourth-order valence-electron chi connectivity index (χ4n) is 2.68. The van der Waals surface area contributed by atoms with Gasteiger partial charge in [0.05, 0.1) is 5.69 Å². The van der Waals surface area contributed by atoms with Gasteiger partial charge >= 0.3 is 0 Å². The predicted molar refractivity (Wildman–Crippen MR) is 95.7 cm³/mol. The van der Waals surface area contributed by atoms with Crippen molar-refractivity contribution in [3.63, 3.8) is 0 Å². The molecular weight excluding hydrogens is 344 g/mol. The predicted octanol–water partition coefficient (Wildman–Crippen LogP) is 3.31. The van der Waals surface area contributed by atoms with Crippen LogP contribution in [0, 0.1) is 0 Å². The number of halogens is 1. The molecule has 24 heavy (non-hydrogen) atoms. The van der Waals surface area contributed by atoms with Crippen LogP contribution in [0.25, 0.3) is 4.96 Å². The van der Waals surface area contributed by atoms with Crippen LogP contribution in [0.15, 0.2) is 35.1 Å². The van der Waals surface area contributed by atoms with Crippen LogP contribution in [0.5, 0.6) is 0 Å². The maximum Gasteiger partial charge on any atom is 0.275 e. The van der Waals surface area contributed by atoms with Crippen molar-refractivity contribution in [3.05, 3.63) is 62.0 Å². The summed E-state index contributed by atoms with van der Waals surface area (Å²) >= 11 is 7.45. The minimum absolute atomic E-state index is 0.0990. The molecule has 0 saturated heterocycles. The number of aromatic nitrogens is 3. The van der Waals surface area contributed by atoms with Gasteiger partial charge in [0.15, 0.2) is 0 Å². The second-order valence-electron chi connectivity index (χ2n) is 6.29. The first-order valence-corrected chi connectivity index (χ1v) is 9.10. The topological polar surface area (TPSA) is 50.5 Å². The van der Waals surface area contributed by atoms with E-state index in [1.807, 2.05) is 31.3 Å². The van der Waals surface area contributed by atoms with Crippen molar-refractivity contribution in [2.75, 3.05) is 7.05 Å². The zero-order valence-corrected chi connectivity index (χ0v) is 14.8. The first-order chi connectivity index (χ1) is 11.6. The second-order valence-corrected chi connectivity index (χ2v) is 7.72. The highest BCUT2D eigenvalue weighted by atomic mass is 35.5. The minimum atomic E-state index is -0.0990. The fraction of sp³-hybridized carbons (Fsp3) is 0.353. The van der Waals surface area contributed by atoms with Crippen LogP contribution in [0.1, 0.15) is 35.0 Å². The first kappa shape index (κ1) is 15.7. The molecule has 2 heterocycles. The van der Waals surface area contributed by atoms with Crippen molar-refractivity contribution in [2.24, 2.45) is 0 Å². The molecule has 0 bridgehead atoms. The Morgan fingerprint density at radius 1 is 1.29 bits per heavy atom. The van der Waals surface area contributed by atoms with E-state index in [4.69, 9.17) is 11.6 Å². The van der Waals surface area contributed by atoms with E-state index in [0.717, 1.165) is 22.3 Å². The summed E-state index contributed by atoms with van der Waals surface area (Å²) in [7, 11) is 2.01. The van der Waals surface area contributed by atoms with Gasteiger partial charge in [0, 0.05) is 30.1 Å². The Balaban J connectivity index is 1.52. The van der Waals surface area contributed by atoms with Gasteiger partial charge in [-0.2, -0.15) is 9.61 Å². The van der Waals surface area contributed by atoms with Gasteiger partial charge in [-0.1, -0.05) is 35.1 Å². The lowest BCUT2D eigenvalue weighted by atomic mass is 10.2. The fourth-order valence-corrected chi connectivity index (χ4v) is 3.90. The summed E-state index contributed by atoms with van der Waals surface area (Å²) in [6.07, 6.45) is 2.34. The quantitative estimate of drug-likeness (QED) is 0.700. The van der Waals surface area contributed by atoms with Crippen LogP contribution in [0.3, 0.4) is 0 Å². The van der Waals surface area contributed by atoms with Gasteiger partial charge in [-0.25, -0.2) is 4.98 Å². The summed E-state index contributed by atoms with van der Waals surface area (Å²) < 4.78 is 1.43. The number of nitrogens with zero attached hydrogens (tertiary/aromatic N) is 4. The molecule has 3 aromatic rings. The molecule has 1 aliphatic rings. The van der Waals surface area contributed by atoms with E-state index >= 15 is 0 Å². The molecular formula is C17H17ClN4OS. The molecule has 1 saturated carbocycles. The molecule has 1 aliphatic carbocycles. The van der Waals surface area contributed by atoms with Gasteiger partial charge in [-0.3, -0.25) is 9.69 Å². The van der Waals surface area contributed by atoms with Gasteiger partial charge in [0.2, 0.25) is 4.96 Å². The van der Waals surface area contributed by atoms with E-state index in [1.54, 1.807) is 6.07 Å². The molecule has 0 unspecified atom stereocenters. The molecule has 5 nitrogen and oxygen atoms in total. The molecule has 0 radical (unpaired) electrons. The van der Waals surface area contributed by atoms with Crippen LogP contribution in [-0.4, -0.2) is 26.5 Å². The molecule has 0 N–H and O–H groups in total. The zero-order valence-electron chi connectivity index (χ0n) is 13.3. The Kier molecular flexibility index (Phi) is 4.12. The van der Waals surface area contributed by atoms with Crippen LogP contribution in [0.2, 0.25) is 5.02 Å². The summed E-state index contributed by atoms with van der Waals surface area (Å²) in [5.74, 6) is 0.534. The Morgan fingerprint density at radius 2 is 2.04 bits per heavy atom. The molecule has 7 heteroatoms. The summed E-state index contributed by atoms with van der Waals surface area (Å²) in [4.78, 5) is 19.7.